The number of rotatable bonds is 8. The summed E-state index contributed by atoms with van der Waals surface area (Å²) in [6.07, 6.45) is 4.43. The number of ether oxygens (including phenoxy) is 2. The molecule has 2 aromatic carbocycles. The number of methoxy groups -OCH3 is 2. The van der Waals surface area contributed by atoms with Crippen molar-refractivity contribution in [3.63, 3.8) is 0 Å². The van der Waals surface area contributed by atoms with Crippen molar-refractivity contribution in [3.8, 4) is 5.75 Å². The minimum atomic E-state index is -0.102. The number of nitrogens with one attached hydrogen (secondary N) is 2. The van der Waals surface area contributed by atoms with Gasteiger partial charge in [-0.1, -0.05) is 24.3 Å². The van der Waals surface area contributed by atoms with E-state index in [1.54, 1.807) is 14.2 Å². The fraction of sp³-hybridized carbons (Fsp3) is 0.458. The first-order valence-corrected chi connectivity index (χ1v) is 10.7. The summed E-state index contributed by atoms with van der Waals surface area (Å²) in [4.78, 5) is 7.19. The standard InChI is InChI=1S/C24H32N4O2/c1-29-17-22-4-3-13-28(22)16-18-5-9-21(10-6-18)27-24-25-14-20(15-26-24)19-7-11-23(30-2)12-8-19/h5-12,14,20,22,24,26-27H,3-4,13,15-17H2,1-2H3/t20?,22-,24?/m0/s1. The van der Waals surface area contributed by atoms with E-state index >= 15 is 0 Å². The van der Waals surface area contributed by atoms with Gasteiger partial charge in [-0.2, -0.15) is 0 Å². The van der Waals surface area contributed by atoms with E-state index in [1.165, 1.54) is 24.0 Å². The highest BCUT2D eigenvalue weighted by molar-refractivity contribution is 5.69. The van der Waals surface area contributed by atoms with E-state index in [1.807, 2.05) is 18.3 Å². The van der Waals surface area contributed by atoms with E-state index < -0.39 is 0 Å². The summed E-state index contributed by atoms with van der Waals surface area (Å²) in [5.74, 6) is 1.15. The number of hydrogen-bond acceptors (Lipinski definition) is 6. The second kappa shape index (κ2) is 10.1. The largest absolute Gasteiger partial charge is 0.497 e. The van der Waals surface area contributed by atoms with Gasteiger partial charge in [-0.15, -0.1) is 0 Å². The lowest BCUT2D eigenvalue weighted by atomic mass is 9.99. The molecule has 2 N–H and O–H groups in total. The average molecular weight is 409 g/mol. The maximum Gasteiger partial charge on any atom is 0.173 e. The lowest BCUT2D eigenvalue weighted by Crippen LogP contribution is -2.41. The third-order valence-electron chi connectivity index (χ3n) is 5.99. The summed E-state index contributed by atoms with van der Waals surface area (Å²) in [6, 6.07) is 17.4. The highest BCUT2D eigenvalue weighted by Crippen LogP contribution is 2.22. The molecule has 0 spiro atoms. The Kier molecular flexibility index (Phi) is 7.00. The molecular formula is C24H32N4O2. The molecule has 0 amide bonds. The van der Waals surface area contributed by atoms with Gasteiger partial charge in [0.1, 0.15) is 5.75 Å². The predicted molar refractivity (Wildman–Crippen MR) is 121 cm³/mol. The summed E-state index contributed by atoms with van der Waals surface area (Å²) in [6.45, 7) is 3.81. The minimum absolute atomic E-state index is 0.102. The van der Waals surface area contributed by atoms with Crippen molar-refractivity contribution in [1.29, 1.82) is 0 Å². The second-order valence-electron chi connectivity index (χ2n) is 8.05. The number of nitrogens with zero attached hydrogens (tertiary/aromatic N) is 2. The van der Waals surface area contributed by atoms with E-state index in [2.05, 4.69) is 56.9 Å². The summed E-state index contributed by atoms with van der Waals surface area (Å²) in [5, 5.41) is 6.93. The van der Waals surface area contributed by atoms with Crippen molar-refractivity contribution in [2.45, 2.75) is 37.6 Å². The van der Waals surface area contributed by atoms with Gasteiger partial charge < -0.3 is 14.8 Å². The van der Waals surface area contributed by atoms with Gasteiger partial charge in [-0.05, 0) is 54.8 Å². The summed E-state index contributed by atoms with van der Waals surface area (Å²) < 4.78 is 10.6. The molecule has 2 unspecified atom stereocenters. The molecule has 30 heavy (non-hydrogen) atoms. The molecule has 3 atom stereocenters. The van der Waals surface area contributed by atoms with Gasteiger partial charge in [0.05, 0.1) is 13.7 Å². The van der Waals surface area contributed by atoms with Crippen molar-refractivity contribution < 1.29 is 9.47 Å². The third-order valence-corrected chi connectivity index (χ3v) is 5.99. The number of aliphatic imine (C=N–C) groups is 1. The fourth-order valence-corrected chi connectivity index (χ4v) is 4.26. The lowest BCUT2D eigenvalue weighted by molar-refractivity contribution is 0.112. The van der Waals surface area contributed by atoms with Crippen LogP contribution >= 0.6 is 0 Å². The van der Waals surface area contributed by atoms with Gasteiger partial charge in [0.25, 0.3) is 0 Å². The molecule has 0 radical (unpaired) electrons. The van der Waals surface area contributed by atoms with Gasteiger partial charge in [0, 0.05) is 44.1 Å². The smallest absolute Gasteiger partial charge is 0.173 e. The predicted octanol–water partition coefficient (Wildman–Crippen LogP) is 3.46. The van der Waals surface area contributed by atoms with Crippen LogP contribution in [0.2, 0.25) is 0 Å². The molecule has 0 aliphatic carbocycles. The van der Waals surface area contributed by atoms with Crippen LogP contribution in [-0.4, -0.2) is 57.4 Å². The van der Waals surface area contributed by atoms with Gasteiger partial charge in [-0.25, -0.2) is 0 Å². The van der Waals surface area contributed by atoms with Crippen LogP contribution in [0.3, 0.4) is 0 Å². The quantitative estimate of drug-likeness (QED) is 0.701. The summed E-state index contributed by atoms with van der Waals surface area (Å²) >= 11 is 0. The molecule has 6 nitrogen and oxygen atoms in total. The third kappa shape index (κ3) is 5.19. The Balaban J connectivity index is 1.29. The molecular weight excluding hydrogens is 376 g/mol. The van der Waals surface area contributed by atoms with Crippen LogP contribution in [0, 0.1) is 0 Å². The molecule has 4 rings (SSSR count). The molecule has 2 aliphatic heterocycles. The SMILES string of the molecule is COC[C@@H]1CCCN1Cc1ccc(NC2N=CC(c3ccc(OC)cc3)CN2)cc1. The topological polar surface area (TPSA) is 58.1 Å². The van der Waals surface area contributed by atoms with Crippen LogP contribution in [0.25, 0.3) is 0 Å². The zero-order valence-corrected chi connectivity index (χ0v) is 17.9. The van der Waals surface area contributed by atoms with Gasteiger partial charge in [0.15, 0.2) is 6.29 Å². The maximum atomic E-state index is 5.37. The van der Waals surface area contributed by atoms with E-state index in [9.17, 15) is 0 Å². The minimum Gasteiger partial charge on any atom is -0.497 e. The lowest BCUT2D eigenvalue weighted by Gasteiger charge is -2.26. The normalized spacial score (nSPS) is 24.1. The van der Waals surface area contributed by atoms with Crippen LogP contribution in [-0.2, 0) is 11.3 Å². The Labute approximate surface area is 179 Å². The molecule has 2 aliphatic rings. The Bertz CT molecular complexity index is 822. The van der Waals surface area contributed by atoms with E-state index in [-0.39, 0.29) is 12.2 Å². The van der Waals surface area contributed by atoms with Crippen molar-refractivity contribution >= 4 is 11.9 Å². The molecule has 2 heterocycles. The Hall–Kier alpha value is -2.41. The van der Waals surface area contributed by atoms with Gasteiger partial charge in [-0.3, -0.25) is 15.2 Å². The first-order valence-electron chi connectivity index (χ1n) is 10.7. The molecule has 160 valence electrons. The average Bonchev–Trinajstić information content (AvgIpc) is 3.23. The van der Waals surface area contributed by atoms with Crippen molar-refractivity contribution in [2.75, 3.05) is 39.2 Å². The number of benzene rings is 2. The molecule has 0 aromatic heterocycles. The maximum absolute atomic E-state index is 5.37. The van der Waals surface area contributed by atoms with Crippen LogP contribution < -0.4 is 15.4 Å². The molecule has 2 aromatic rings. The van der Waals surface area contributed by atoms with Gasteiger partial charge >= 0.3 is 0 Å². The molecule has 1 fully saturated rings. The zero-order chi connectivity index (χ0) is 20.8. The first-order chi connectivity index (χ1) is 14.7. The highest BCUT2D eigenvalue weighted by Gasteiger charge is 2.24. The zero-order valence-electron chi connectivity index (χ0n) is 17.9. The van der Waals surface area contributed by atoms with Gasteiger partial charge in [0.2, 0.25) is 0 Å². The van der Waals surface area contributed by atoms with Crippen molar-refractivity contribution in [1.82, 2.24) is 10.2 Å². The summed E-state index contributed by atoms with van der Waals surface area (Å²) in [7, 11) is 3.48. The number of likely N-dealkylation sites (tertiary alicyclic amines) is 1. The molecule has 0 saturated carbocycles. The Morgan fingerprint density at radius 2 is 1.90 bits per heavy atom. The Morgan fingerprint density at radius 1 is 1.10 bits per heavy atom. The van der Waals surface area contributed by atoms with E-state index in [0.717, 1.165) is 37.7 Å². The number of hydrogen-bond donors (Lipinski definition) is 2. The van der Waals surface area contributed by atoms with Crippen LogP contribution in [0.5, 0.6) is 5.75 Å². The fourth-order valence-electron chi connectivity index (χ4n) is 4.26. The van der Waals surface area contributed by atoms with E-state index in [4.69, 9.17) is 9.47 Å². The first kappa shape index (κ1) is 20.8. The van der Waals surface area contributed by atoms with Crippen molar-refractivity contribution in [2.24, 2.45) is 4.99 Å². The second-order valence-corrected chi connectivity index (χ2v) is 8.05. The number of anilines is 1. The summed E-state index contributed by atoms with van der Waals surface area (Å²) in [5.41, 5.74) is 3.65. The van der Waals surface area contributed by atoms with E-state index in [0.29, 0.717) is 6.04 Å². The molecule has 1 saturated heterocycles. The van der Waals surface area contributed by atoms with Crippen LogP contribution in [0.15, 0.2) is 53.5 Å². The molecule has 6 heteroatoms. The monoisotopic (exact) mass is 408 g/mol. The van der Waals surface area contributed by atoms with Crippen molar-refractivity contribution in [3.05, 3.63) is 59.7 Å². The Morgan fingerprint density at radius 3 is 2.57 bits per heavy atom. The van der Waals surface area contributed by atoms with Crippen LogP contribution in [0.1, 0.15) is 29.9 Å². The van der Waals surface area contributed by atoms with Crippen LogP contribution in [0.4, 0.5) is 5.69 Å². The molecule has 0 bridgehead atoms. The highest BCUT2D eigenvalue weighted by atomic mass is 16.5.